The Balaban J connectivity index is 2.20. The van der Waals surface area contributed by atoms with Crippen molar-refractivity contribution in [2.45, 2.75) is 0 Å². The highest BCUT2D eigenvalue weighted by molar-refractivity contribution is 5.95. The Labute approximate surface area is 114 Å². The van der Waals surface area contributed by atoms with Crippen LogP contribution in [-0.2, 0) is 7.05 Å². The molecular formula is C16H12FNO2. The van der Waals surface area contributed by atoms with Crippen LogP contribution in [0.15, 0.2) is 48.5 Å². The van der Waals surface area contributed by atoms with Gasteiger partial charge in [0.2, 0.25) is 0 Å². The van der Waals surface area contributed by atoms with Gasteiger partial charge >= 0.3 is 5.97 Å². The summed E-state index contributed by atoms with van der Waals surface area (Å²) >= 11 is 0. The lowest BCUT2D eigenvalue weighted by atomic mass is 10.0. The lowest BCUT2D eigenvalue weighted by Gasteiger charge is -2.04. The number of hydrogen-bond donors (Lipinski definition) is 1. The summed E-state index contributed by atoms with van der Waals surface area (Å²) < 4.78 is 14.9. The van der Waals surface area contributed by atoms with Crippen LogP contribution < -0.4 is 0 Å². The smallest absolute Gasteiger partial charge is 0.352 e. The number of rotatable bonds is 2. The zero-order valence-electron chi connectivity index (χ0n) is 10.8. The van der Waals surface area contributed by atoms with E-state index >= 15 is 0 Å². The summed E-state index contributed by atoms with van der Waals surface area (Å²) in [6.07, 6.45) is 0. The van der Waals surface area contributed by atoms with Gasteiger partial charge in [-0.1, -0.05) is 24.3 Å². The minimum Gasteiger partial charge on any atom is -0.477 e. The Morgan fingerprint density at radius 3 is 2.55 bits per heavy atom. The molecule has 4 heteroatoms. The Kier molecular flexibility index (Phi) is 2.79. The maximum absolute atomic E-state index is 13.3. The van der Waals surface area contributed by atoms with Crippen LogP contribution in [-0.4, -0.2) is 15.6 Å². The summed E-state index contributed by atoms with van der Waals surface area (Å²) in [4.78, 5) is 11.1. The van der Waals surface area contributed by atoms with Crippen LogP contribution in [0.4, 0.5) is 4.39 Å². The van der Waals surface area contributed by atoms with Gasteiger partial charge < -0.3 is 9.67 Å². The minimum absolute atomic E-state index is 0.233. The Morgan fingerprint density at radius 2 is 1.85 bits per heavy atom. The maximum atomic E-state index is 13.3. The molecule has 0 amide bonds. The van der Waals surface area contributed by atoms with E-state index in [4.69, 9.17) is 5.11 Å². The van der Waals surface area contributed by atoms with Crippen molar-refractivity contribution in [1.29, 1.82) is 0 Å². The normalized spacial score (nSPS) is 10.9. The van der Waals surface area contributed by atoms with Crippen molar-refractivity contribution < 1.29 is 14.3 Å². The Hall–Kier alpha value is -2.62. The first-order valence-corrected chi connectivity index (χ1v) is 6.15. The fourth-order valence-corrected chi connectivity index (χ4v) is 2.38. The van der Waals surface area contributed by atoms with Gasteiger partial charge in [0.15, 0.2) is 0 Å². The third-order valence-electron chi connectivity index (χ3n) is 3.42. The van der Waals surface area contributed by atoms with E-state index in [1.807, 2.05) is 24.3 Å². The summed E-state index contributed by atoms with van der Waals surface area (Å²) in [7, 11) is 1.71. The summed E-state index contributed by atoms with van der Waals surface area (Å²) in [5.41, 5.74) is 2.67. The number of carboxylic acid groups (broad SMARTS) is 1. The molecule has 0 aliphatic rings. The van der Waals surface area contributed by atoms with E-state index in [1.165, 1.54) is 12.1 Å². The minimum atomic E-state index is -0.962. The number of carbonyl (C=O) groups is 1. The summed E-state index contributed by atoms with van der Waals surface area (Å²) in [5.74, 6) is -1.25. The van der Waals surface area contributed by atoms with Gasteiger partial charge in [-0.25, -0.2) is 9.18 Å². The molecular weight excluding hydrogens is 257 g/mol. The fraction of sp³-hybridized carbons (Fsp3) is 0.0625. The van der Waals surface area contributed by atoms with Gasteiger partial charge in [0.25, 0.3) is 0 Å². The van der Waals surface area contributed by atoms with Crippen LogP contribution in [0.25, 0.3) is 22.0 Å². The van der Waals surface area contributed by atoms with E-state index in [0.29, 0.717) is 0 Å². The van der Waals surface area contributed by atoms with Gasteiger partial charge in [0.05, 0.1) is 0 Å². The first kappa shape index (κ1) is 12.4. The highest BCUT2D eigenvalue weighted by Crippen LogP contribution is 2.26. The molecule has 2 aromatic carbocycles. The number of fused-ring (bicyclic) bond motifs is 1. The quantitative estimate of drug-likeness (QED) is 0.771. The number of aryl methyl sites for hydroxylation is 1. The van der Waals surface area contributed by atoms with E-state index in [2.05, 4.69) is 0 Å². The Morgan fingerprint density at radius 1 is 1.10 bits per heavy atom. The van der Waals surface area contributed by atoms with Crippen molar-refractivity contribution >= 4 is 16.9 Å². The van der Waals surface area contributed by atoms with E-state index in [0.717, 1.165) is 22.0 Å². The summed E-state index contributed by atoms with van der Waals surface area (Å²) in [6, 6.07) is 13.6. The van der Waals surface area contributed by atoms with Crippen LogP contribution in [0.3, 0.4) is 0 Å². The van der Waals surface area contributed by atoms with Crippen molar-refractivity contribution in [3.8, 4) is 11.1 Å². The number of halogens is 1. The second-order valence-electron chi connectivity index (χ2n) is 4.68. The highest BCUT2D eigenvalue weighted by Gasteiger charge is 2.12. The summed E-state index contributed by atoms with van der Waals surface area (Å²) in [6.45, 7) is 0. The van der Waals surface area contributed by atoms with Crippen molar-refractivity contribution in [1.82, 2.24) is 4.57 Å². The highest BCUT2D eigenvalue weighted by atomic mass is 19.1. The molecule has 1 aromatic heterocycles. The molecule has 0 atom stereocenters. The van der Waals surface area contributed by atoms with Gasteiger partial charge in [-0.3, -0.25) is 0 Å². The summed E-state index contributed by atoms with van der Waals surface area (Å²) in [5, 5.41) is 9.97. The predicted molar refractivity (Wildman–Crippen MR) is 75.3 cm³/mol. The van der Waals surface area contributed by atoms with Crippen molar-refractivity contribution in [3.05, 3.63) is 60.0 Å². The number of hydrogen-bond acceptors (Lipinski definition) is 1. The molecule has 3 nitrogen and oxygen atoms in total. The van der Waals surface area contributed by atoms with Crippen LogP contribution >= 0.6 is 0 Å². The number of nitrogens with zero attached hydrogens (tertiary/aromatic N) is 1. The maximum Gasteiger partial charge on any atom is 0.352 e. The van der Waals surface area contributed by atoms with Crippen LogP contribution in [0, 0.1) is 5.82 Å². The van der Waals surface area contributed by atoms with Crippen molar-refractivity contribution in [3.63, 3.8) is 0 Å². The van der Waals surface area contributed by atoms with Crippen molar-refractivity contribution in [2.24, 2.45) is 7.05 Å². The fourth-order valence-electron chi connectivity index (χ4n) is 2.38. The lowest BCUT2D eigenvalue weighted by Crippen LogP contribution is -2.03. The molecule has 0 bridgehead atoms. The standard InChI is InChI=1S/C16H12FNO2/c1-18-14-8-11(10-3-2-4-13(17)7-10)5-6-12(14)9-15(18)16(19)20/h2-9H,1H3,(H,19,20). The van der Waals surface area contributed by atoms with E-state index < -0.39 is 5.97 Å². The number of aromatic carboxylic acids is 1. The SMILES string of the molecule is Cn1c(C(=O)O)cc2ccc(-c3cccc(F)c3)cc21. The van der Waals surface area contributed by atoms with Crippen LogP contribution in [0.2, 0.25) is 0 Å². The van der Waals surface area contributed by atoms with Gasteiger partial charge in [0, 0.05) is 18.0 Å². The topological polar surface area (TPSA) is 42.2 Å². The molecule has 0 aliphatic heterocycles. The second-order valence-corrected chi connectivity index (χ2v) is 4.68. The van der Waals surface area contributed by atoms with E-state index in [1.54, 1.807) is 23.7 Å². The van der Waals surface area contributed by atoms with Gasteiger partial charge in [-0.15, -0.1) is 0 Å². The molecule has 1 heterocycles. The Bertz CT molecular complexity index is 820. The molecule has 0 radical (unpaired) electrons. The average molecular weight is 269 g/mol. The average Bonchev–Trinajstić information content (AvgIpc) is 2.76. The molecule has 100 valence electrons. The number of benzene rings is 2. The molecule has 3 rings (SSSR count). The molecule has 0 saturated heterocycles. The third-order valence-corrected chi connectivity index (χ3v) is 3.42. The number of carboxylic acids is 1. The predicted octanol–water partition coefficient (Wildman–Crippen LogP) is 3.68. The molecule has 0 spiro atoms. The zero-order chi connectivity index (χ0) is 14.3. The molecule has 1 N–H and O–H groups in total. The molecule has 0 unspecified atom stereocenters. The van der Waals surface area contributed by atoms with Gasteiger partial charge in [-0.2, -0.15) is 0 Å². The molecule has 0 aliphatic carbocycles. The van der Waals surface area contributed by atoms with E-state index in [-0.39, 0.29) is 11.5 Å². The molecule has 3 aromatic rings. The second kappa shape index (κ2) is 4.49. The van der Waals surface area contributed by atoms with Gasteiger partial charge in [0.1, 0.15) is 11.5 Å². The molecule has 0 fully saturated rings. The lowest BCUT2D eigenvalue weighted by molar-refractivity contribution is 0.0687. The molecule has 20 heavy (non-hydrogen) atoms. The number of aromatic nitrogens is 1. The van der Waals surface area contributed by atoms with Crippen LogP contribution in [0.5, 0.6) is 0 Å². The third kappa shape index (κ3) is 1.95. The van der Waals surface area contributed by atoms with Crippen molar-refractivity contribution in [2.75, 3.05) is 0 Å². The first-order valence-electron chi connectivity index (χ1n) is 6.15. The first-order chi connectivity index (χ1) is 9.56. The zero-order valence-corrected chi connectivity index (χ0v) is 10.8. The largest absolute Gasteiger partial charge is 0.477 e. The van der Waals surface area contributed by atoms with Crippen LogP contribution in [0.1, 0.15) is 10.5 Å². The van der Waals surface area contributed by atoms with E-state index in [9.17, 15) is 9.18 Å². The monoisotopic (exact) mass is 269 g/mol. The molecule has 0 saturated carbocycles. The van der Waals surface area contributed by atoms with Gasteiger partial charge in [-0.05, 0) is 35.4 Å².